The number of rotatable bonds is 1. The third-order valence-electron chi connectivity index (χ3n) is 3.09. The lowest BCUT2D eigenvalue weighted by Crippen LogP contribution is -2.31. The molecule has 1 heterocycles. The summed E-state index contributed by atoms with van der Waals surface area (Å²) in [4.78, 5) is 4.11. The van der Waals surface area contributed by atoms with Gasteiger partial charge >= 0.3 is 0 Å². The van der Waals surface area contributed by atoms with Crippen molar-refractivity contribution >= 4 is 6.02 Å². The van der Waals surface area contributed by atoms with Gasteiger partial charge in [0.1, 0.15) is 5.60 Å². The average molecular weight is 168 g/mol. The molecule has 2 unspecified atom stereocenters. The van der Waals surface area contributed by atoms with Crippen molar-refractivity contribution in [2.75, 3.05) is 6.54 Å². The van der Waals surface area contributed by atoms with E-state index in [4.69, 9.17) is 10.5 Å². The molecule has 2 rings (SSSR count). The van der Waals surface area contributed by atoms with Crippen molar-refractivity contribution in [1.29, 1.82) is 0 Å². The second-order valence-corrected chi connectivity index (χ2v) is 3.96. The van der Waals surface area contributed by atoms with E-state index >= 15 is 0 Å². The molecule has 2 aliphatic rings. The second kappa shape index (κ2) is 2.64. The molecule has 1 aliphatic heterocycles. The van der Waals surface area contributed by atoms with Gasteiger partial charge in [0.25, 0.3) is 6.02 Å². The van der Waals surface area contributed by atoms with Gasteiger partial charge in [-0.1, -0.05) is 13.3 Å². The fraction of sp³-hybridized carbons (Fsp3) is 0.889. The minimum absolute atomic E-state index is 0.00472. The molecule has 2 N–H and O–H groups in total. The highest BCUT2D eigenvalue weighted by molar-refractivity contribution is 5.73. The van der Waals surface area contributed by atoms with Crippen LogP contribution in [0.3, 0.4) is 0 Å². The summed E-state index contributed by atoms with van der Waals surface area (Å²) >= 11 is 0. The Balaban J connectivity index is 1.99. The standard InChI is InChI=1S/C9H16N2O/c1-2-7-3-4-9(5-7)6-11-8(10)12-9/h7H,2-6H2,1H3,(H2,10,11). The maximum Gasteiger partial charge on any atom is 0.282 e. The van der Waals surface area contributed by atoms with Gasteiger partial charge in [0.2, 0.25) is 0 Å². The van der Waals surface area contributed by atoms with Crippen molar-refractivity contribution in [3.05, 3.63) is 0 Å². The molecule has 0 amide bonds. The Bertz CT molecular complexity index is 215. The van der Waals surface area contributed by atoms with Crippen LogP contribution >= 0.6 is 0 Å². The summed E-state index contributed by atoms with van der Waals surface area (Å²) in [6.07, 6.45) is 4.81. The Kier molecular flexibility index (Phi) is 1.74. The van der Waals surface area contributed by atoms with Gasteiger partial charge in [0, 0.05) is 0 Å². The predicted molar refractivity (Wildman–Crippen MR) is 47.9 cm³/mol. The Morgan fingerprint density at radius 1 is 1.75 bits per heavy atom. The molecule has 2 atom stereocenters. The molecule has 12 heavy (non-hydrogen) atoms. The molecule has 1 aliphatic carbocycles. The summed E-state index contributed by atoms with van der Waals surface area (Å²) in [5.74, 6) is 0.825. The molecule has 0 aromatic carbocycles. The van der Waals surface area contributed by atoms with Crippen molar-refractivity contribution < 1.29 is 4.74 Å². The summed E-state index contributed by atoms with van der Waals surface area (Å²) < 4.78 is 5.57. The number of ether oxygens (including phenoxy) is 1. The van der Waals surface area contributed by atoms with Crippen LogP contribution in [0.2, 0.25) is 0 Å². The number of hydrogen-bond acceptors (Lipinski definition) is 3. The molecule has 3 heteroatoms. The van der Waals surface area contributed by atoms with Crippen LogP contribution in [-0.4, -0.2) is 18.2 Å². The molecule has 0 saturated heterocycles. The van der Waals surface area contributed by atoms with Gasteiger partial charge in [-0.05, 0) is 25.2 Å². The number of nitrogens with zero attached hydrogens (tertiary/aromatic N) is 1. The molecular weight excluding hydrogens is 152 g/mol. The van der Waals surface area contributed by atoms with Crippen LogP contribution in [0.5, 0.6) is 0 Å². The Morgan fingerprint density at radius 3 is 3.08 bits per heavy atom. The minimum Gasteiger partial charge on any atom is -0.457 e. The van der Waals surface area contributed by atoms with E-state index in [1.807, 2.05) is 0 Å². The zero-order valence-electron chi connectivity index (χ0n) is 7.55. The lowest BCUT2D eigenvalue weighted by atomic mass is 9.99. The molecule has 0 aromatic rings. The van der Waals surface area contributed by atoms with Crippen molar-refractivity contribution in [3.63, 3.8) is 0 Å². The molecule has 0 aromatic heterocycles. The van der Waals surface area contributed by atoms with E-state index in [1.165, 1.54) is 12.8 Å². The fourth-order valence-electron chi connectivity index (χ4n) is 2.29. The minimum atomic E-state index is 0.00472. The number of aliphatic imine (C=N–C) groups is 1. The predicted octanol–water partition coefficient (Wildman–Crippen LogP) is 1.28. The summed E-state index contributed by atoms with van der Waals surface area (Å²) in [6.45, 7) is 3.03. The lowest BCUT2D eigenvalue weighted by Gasteiger charge is -2.21. The molecule has 1 fully saturated rings. The van der Waals surface area contributed by atoms with Crippen LogP contribution < -0.4 is 5.73 Å². The van der Waals surface area contributed by atoms with Gasteiger partial charge in [-0.3, -0.25) is 0 Å². The quantitative estimate of drug-likeness (QED) is 0.641. The number of hydrogen-bond donors (Lipinski definition) is 1. The SMILES string of the molecule is CCC1CCC2(CN=C(N)O2)C1. The van der Waals surface area contributed by atoms with Gasteiger partial charge in [0.05, 0.1) is 6.54 Å². The first-order valence-corrected chi connectivity index (χ1v) is 4.73. The molecule has 68 valence electrons. The van der Waals surface area contributed by atoms with E-state index in [-0.39, 0.29) is 5.60 Å². The normalized spacial score (nSPS) is 40.1. The Hall–Kier alpha value is -0.730. The Labute approximate surface area is 73.0 Å². The zero-order valence-corrected chi connectivity index (χ0v) is 7.55. The number of amidine groups is 1. The smallest absolute Gasteiger partial charge is 0.282 e. The van der Waals surface area contributed by atoms with Crippen molar-refractivity contribution in [3.8, 4) is 0 Å². The summed E-state index contributed by atoms with van der Waals surface area (Å²) in [7, 11) is 0. The Morgan fingerprint density at radius 2 is 2.58 bits per heavy atom. The monoisotopic (exact) mass is 168 g/mol. The van der Waals surface area contributed by atoms with Gasteiger partial charge < -0.3 is 10.5 Å². The number of nitrogens with two attached hydrogens (primary N) is 1. The molecular formula is C9H16N2O. The summed E-state index contributed by atoms with van der Waals surface area (Å²) in [5, 5.41) is 0. The molecule has 1 spiro atoms. The maximum atomic E-state index is 5.57. The van der Waals surface area contributed by atoms with Gasteiger partial charge in [0.15, 0.2) is 0 Å². The topological polar surface area (TPSA) is 47.6 Å². The van der Waals surface area contributed by atoms with Crippen molar-refractivity contribution in [2.24, 2.45) is 16.6 Å². The third-order valence-corrected chi connectivity index (χ3v) is 3.09. The van der Waals surface area contributed by atoms with Gasteiger partial charge in [-0.15, -0.1) is 0 Å². The van der Waals surface area contributed by atoms with Crippen LogP contribution in [0.4, 0.5) is 0 Å². The van der Waals surface area contributed by atoms with Crippen molar-refractivity contribution in [1.82, 2.24) is 0 Å². The maximum absolute atomic E-state index is 5.57. The second-order valence-electron chi connectivity index (χ2n) is 3.96. The lowest BCUT2D eigenvalue weighted by molar-refractivity contribution is 0.0886. The fourth-order valence-corrected chi connectivity index (χ4v) is 2.29. The first-order valence-electron chi connectivity index (χ1n) is 4.73. The highest BCUT2D eigenvalue weighted by Crippen LogP contribution is 2.40. The van der Waals surface area contributed by atoms with E-state index in [2.05, 4.69) is 11.9 Å². The zero-order chi connectivity index (χ0) is 8.60. The highest BCUT2D eigenvalue weighted by atomic mass is 16.5. The molecule has 1 saturated carbocycles. The van der Waals surface area contributed by atoms with Crippen LogP contribution in [0, 0.1) is 5.92 Å². The van der Waals surface area contributed by atoms with E-state index in [1.54, 1.807) is 0 Å². The van der Waals surface area contributed by atoms with Gasteiger partial charge in [-0.2, -0.15) is 0 Å². The van der Waals surface area contributed by atoms with E-state index in [9.17, 15) is 0 Å². The largest absolute Gasteiger partial charge is 0.457 e. The highest BCUT2D eigenvalue weighted by Gasteiger charge is 2.43. The molecule has 0 radical (unpaired) electrons. The van der Waals surface area contributed by atoms with Crippen LogP contribution in [0.15, 0.2) is 4.99 Å². The van der Waals surface area contributed by atoms with Crippen LogP contribution in [-0.2, 0) is 4.74 Å². The van der Waals surface area contributed by atoms with E-state index in [0.29, 0.717) is 6.02 Å². The first kappa shape index (κ1) is 7.90. The van der Waals surface area contributed by atoms with Crippen molar-refractivity contribution in [2.45, 2.75) is 38.2 Å². The molecule has 0 bridgehead atoms. The van der Waals surface area contributed by atoms with Crippen LogP contribution in [0.25, 0.3) is 0 Å². The van der Waals surface area contributed by atoms with Crippen LogP contribution in [0.1, 0.15) is 32.6 Å². The summed E-state index contributed by atoms with van der Waals surface area (Å²) in [5.41, 5.74) is 5.51. The summed E-state index contributed by atoms with van der Waals surface area (Å²) in [6, 6.07) is 0.395. The third kappa shape index (κ3) is 1.17. The first-order chi connectivity index (χ1) is 5.74. The van der Waals surface area contributed by atoms with E-state index in [0.717, 1.165) is 25.3 Å². The molecule has 3 nitrogen and oxygen atoms in total. The van der Waals surface area contributed by atoms with Gasteiger partial charge in [-0.25, -0.2) is 4.99 Å². The average Bonchev–Trinajstić information content (AvgIpc) is 2.61. The van der Waals surface area contributed by atoms with E-state index < -0.39 is 0 Å².